The summed E-state index contributed by atoms with van der Waals surface area (Å²) < 4.78 is 0. The molecule has 9 heteroatoms. The summed E-state index contributed by atoms with van der Waals surface area (Å²) in [5.41, 5.74) is 2.21. The SMILES string of the molecule is CCN(CC)C1CN(CC2CN(c3ccc(C(=O)N(C=O)C4CCC(=O)NC4=O)c(C)c3)C2)C1. The largest absolute Gasteiger partial charge is 0.371 e. The van der Waals surface area contributed by atoms with Crippen LogP contribution < -0.4 is 10.2 Å². The Kier molecular flexibility index (Phi) is 7.33. The van der Waals surface area contributed by atoms with Crippen LogP contribution >= 0.6 is 0 Å². The highest BCUT2D eigenvalue weighted by Crippen LogP contribution is 2.29. The molecule has 3 fully saturated rings. The fraction of sp³-hybridized carbons (Fsp3) is 0.600. The number of benzene rings is 1. The molecule has 0 saturated carbocycles. The maximum Gasteiger partial charge on any atom is 0.261 e. The Morgan fingerprint density at radius 1 is 1.15 bits per heavy atom. The molecule has 1 aromatic carbocycles. The van der Waals surface area contributed by atoms with Crippen LogP contribution in [0.25, 0.3) is 0 Å². The van der Waals surface area contributed by atoms with E-state index in [9.17, 15) is 19.2 Å². The van der Waals surface area contributed by atoms with Crippen molar-refractivity contribution in [3.8, 4) is 0 Å². The Hall–Kier alpha value is -2.78. The van der Waals surface area contributed by atoms with E-state index < -0.39 is 17.9 Å². The number of carbonyl (C=O) groups excluding carboxylic acids is 4. The maximum atomic E-state index is 13.0. The summed E-state index contributed by atoms with van der Waals surface area (Å²) in [6.07, 6.45) is 0.639. The van der Waals surface area contributed by atoms with Gasteiger partial charge < -0.3 is 4.90 Å². The fourth-order valence-electron chi connectivity index (χ4n) is 5.36. The predicted molar refractivity (Wildman–Crippen MR) is 128 cm³/mol. The molecule has 0 aromatic heterocycles. The second-order valence-electron chi connectivity index (χ2n) is 9.65. The lowest BCUT2D eigenvalue weighted by molar-refractivity contribution is -0.139. The van der Waals surface area contributed by atoms with Gasteiger partial charge in [0.15, 0.2) is 0 Å². The number of carbonyl (C=O) groups is 4. The van der Waals surface area contributed by atoms with Gasteiger partial charge in [-0.3, -0.25) is 39.2 Å². The quantitative estimate of drug-likeness (QED) is 0.424. The molecule has 3 heterocycles. The maximum absolute atomic E-state index is 13.0. The lowest BCUT2D eigenvalue weighted by Gasteiger charge is -2.49. The van der Waals surface area contributed by atoms with Crippen molar-refractivity contribution in [1.82, 2.24) is 20.0 Å². The van der Waals surface area contributed by atoms with Gasteiger partial charge in [-0.05, 0) is 50.2 Å². The van der Waals surface area contributed by atoms with Gasteiger partial charge in [-0.25, -0.2) is 0 Å². The first-order valence-electron chi connectivity index (χ1n) is 12.3. The Labute approximate surface area is 201 Å². The molecule has 34 heavy (non-hydrogen) atoms. The number of rotatable bonds is 9. The number of amides is 4. The summed E-state index contributed by atoms with van der Waals surface area (Å²) in [4.78, 5) is 56.5. The zero-order valence-corrected chi connectivity index (χ0v) is 20.3. The second kappa shape index (κ2) is 10.2. The average molecular weight is 470 g/mol. The number of nitrogens with one attached hydrogen (secondary N) is 1. The van der Waals surface area contributed by atoms with Crippen LogP contribution in [0.2, 0.25) is 0 Å². The summed E-state index contributed by atoms with van der Waals surface area (Å²) in [6.45, 7) is 14.0. The minimum Gasteiger partial charge on any atom is -0.371 e. The van der Waals surface area contributed by atoms with E-state index in [0.29, 0.717) is 23.9 Å². The topological polar surface area (TPSA) is 93.3 Å². The highest BCUT2D eigenvalue weighted by Gasteiger charge is 2.37. The number of aryl methyl sites for hydroxylation is 1. The first-order chi connectivity index (χ1) is 16.3. The third-order valence-corrected chi connectivity index (χ3v) is 7.44. The monoisotopic (exact) mass is 469 g/mol. The summed E-state index contributed by atoms with van der Waals surface area (Å²) in [6, 6.07) is 5.35. The zero-order valence-electron chi connectivity index (χ0n) is 20.3. The molecule has 0 radical (unpaired) electrons. The van der Waals surface area contributed by atoms with Gasteiger partial charge in [-0.15, -0.1) is 0 Å². The van der Waals surface area contributed by atoms with Crippen LogP contribution in [0.15, 0.2) is 18.2 Å². The number of piperidine rings is 1. The minimum atomic E-state index is -0.958. The minimum absolute atomic E-state index is 0.107. The molecular formula is C25H35N5O4. The lowest BCUT2D eigenvalue weighted by atomic mass is 9.95. The molecule has 0 spiro atoms. The van der Waals surface area contributed by atoms with E-state index in [2.05, 4.69) is 33.9 Å². The average Bonchev–Trinajstić information content (AvgIpc) is 2.75. The number of hydrogen-bond donors (Lipinski definition) is 1. The Morgan fingerprint density at radius 3 is 2.44 bits per heavy atom. The molecular weight excluding hydrogens is 434 g/mol. The van der Waals surface area contributed by atoms with Crippen LogP contribution in [-0.2, 0) is 14.4 Å². The molecule has 0 aliphatic carbocycles. The number of anilines is 1. The standard InChI is InChI=1S/C25H35N5O4/c1-4-28(5-2)20-14-27(15-20)11-18-12-29(13-18)19-6-7-21(17(3)10-19)25(34)30(16-31)22-8-9-23(32)26-24(22)33/h6-7,10,16,18,20,22H,4-5,8-9,11-15H2,1-3H3,(H,26,32,33). The molecule has 1 aromatic rings. The van der Waals surface area contributed by atoms with Gasteiger partial charge in [0.1, 0.15) is 6.04 Å². The third kappa shape index (κ3) is 4.86. The lowest BCUT2D eigenvalue weighted by Crippen LogP contribution is -2.62. The van der Waals surface area contributed by atoms with Crippen molar-refractivity contribution in [3.63, 3.8) is 0 Å². The molecule has 9 nitrogen and oxygen atoms in total. The van der Waals surface area contributed by atoms with Gasteiger partial charge in [0.05, 0.1) is 0 Å². The van der Waals surface area contributed by atoms with Crippen LogP contribution in [-0.4, -0.2) is 96.7 Å². The van der Waals surface area contributed by atoms with Crippen LogP contribution in [0.4, 0.5) is 5.69 Å². The molecule has 184 valence electrons. The number of hydrogen-bond acceptors (Lipinski definition) is 7. The first kappa shape index (κ1) is 24.3. The summed E-state index contributed by atoms with van der Waals surface area (Å²) in [7, 11) is 0. The Bertz CT molecular complexity index is 951. The van der Waals surface area contributed by atoms with Gasteiger partial charge >= 0.3 is 0 Å². The van der Waals surface area contributed by atoms with E-state index in [0.717, 1.165) is 62.0 Å². The van der Waals surface area contributed by atoms with Gasteiger partial charge in [0.2, 0.25) is 18.2 Å². The van der Waals surface area contributed by atoms with Crippen molar-refractivity contribution in [2.24, 2.45) is 5.92 Å². The summed E-state index contributed by atoms with van der Waals surface area (Å²) in [5.74, 6) is -0.859. The smallest absolute Gasteiger partial charge is 0.261 e. The molecule has 1 unspecified atom stereocenters. The van der Waals surface area contributed by atoms with Crippen LogP contribution in [0.5, 0.6) is 0 Å². The molecule has 3 saturated heterocycles. The second-order valence-corrected chi connectivity index (χ2v) is 9.65. The van der Waals surface area contributed by atoms with E-state index in [1.807, 2.05) is 19.1 Å². The fourth-order valence-corrected chi connectivity index (χ4v) is 5.36. The van der Waals surface area contributed by atoms with Crippen molar-refractivity contribution in [2.45, 2.75) is 45.7 Å². The van der Waals surface area contributed by atoms with E-state index in [1.165, 1.54) is 0 Å². The van der Waals surface area contributed by atoms with Crippen molar-refractivity contribution in [1.29, 1.82) is 0 Å². The Balaban J connectivity index is 1.31. The Morgan fingerprint density at radius 2 is 1.85 bits per heavy atom. The van der Waals surface area contributed by atoms with E-state index >= 15 is 0 Å². The van der Waals surface area contributed by atoms with E-state index in [4.69, 9.17) is 0 Å². The van der Waals surface area contributed by atoms with Gasteiger partial charge in [0, 0.05) is 62.4 Å². The van der Waals surface area contributed by atoms with E-state index in [1.54, 1.807) is 6.07 Å². The number of likely N-dealkylation sites (N-methyl/N-ethyl adjacent to an activating group) is 1. The highest BCUT2D eigenvalue weighted by atomic mass is 16.2. The van der Waals surface area contributed by atoms with Gasteiger partial charge in [-0.1, -0.05) is 13.8 Å². The molecule has 3 aliphatic heterocycles. The van der Waals surface area contributed by atoms with Crippen molar-refractivity contribution >= 4 is 29.8 Å². The van der Waals surface area contributed by atoms with Gasteiger partial charge in [-0.2, -0.15) is 0 Å². The van der Waals surface area contributed by atoms with Crippen LogP contribution in [0.1, 0.15) is 42.6 Å². The molecule has 1 atom stereocenters. The third-order valence-electron chi connectivity index (χ3n) is 7.44. The van der Waals surface area contributed by atoms with Crippen LogP contribution in [0, 0.1) is 12.8 Å². The normalized spacial score (nSPS) is 21.8. The van der Waals surface area contributed by atoms with Crippen LogP contribution in [0.3, 0.4) is 0 Å². The zero-order chi connectivity index (χ0) is 24.4. The van der Waals surface area contributed by atoms with E-state index in [-0.39, 0.29) is 18.7 Å². The number of likely N-dealkylation sites (tertiary alicyclic amines) is 1. The molecule has 4 rings (SSSR count). The molecule has 0 bridgehead atoms. The number of imide groups is 2. The summed E-state index contributed by atoms with van der Waals surface area (Å²) >= 11 is 0. The molecule has 4 amide bonds. The molecule has 1 N–H and O–H groups in total. The van der Waals surface area contributed by atoms with Gasteiger partial charge in [0.25, 0.3) is 5.91 Å². The number of nitrogens with zero attached hydrogens (tertiary/aromatic N) is 4. The van der Waals surface area contributed by atoms with Crippen molar-refractivity contribution in [3.05, 3.63) is 29.3 Å². The van der Waals surface area contributed by atoms with Crippen molar-refractivity contribution < 1.29 is 19.2 Å². The molecule has 3 aliphatic rings. The van der Waals surface area contributed by atoms with Crippen molar-refractivity contribution in [2.75, 3.05) is 50.7 Å². The summed E-state index contributed by atoms with van der Waals surface area (Å²) in [5, 5.41) is 2.20. The first-order valence-corrected chi connectivity index (χ1v) is 12.3. The highest BCUT2D eigenvalue weighted by molar-refractivity contribution is 6.07. The predicted octanol–water partition coefficient (Wildman–Crippen LogP) is 0.861.